The number of amides is 1. The third kappa shape index (κ3) is 5.09. The van der Waals surface area contributed by atoms with Gasteiger partial charge in [-0.3, -0.25) is 9.59 Å². The van der Waals surface area contributed by atoms with E-state index in [0.29, 0.717) is 10.2 Å². The second-order valence-corrected chi connectivity index (χ2v) is 11.7. The zero-order valence-corrected chi connectivity index (χ0v) is 19.2. The Bertz CT molecular complexity index is 1460. The Labute approximate surface area is 182 Å². The van der Waals surface area contributed by atoms with Crippen LogP contribution in [-0.4, -0.2) is 52.9 Å². The molecule has 164 valence electrons. The molecule has 9 nitrogen and oxygen atoms in total. The predicted octanol–water partition coefficient (Wildman–Crippen LogP) is 1.42. The van der Waals surface area contributed by atoms with E-state index in [4.69, 9.17) is 4.74 Å². The zero-order valence-electron chi connectivity index (χ0n) is 16.7. The van der Waals surface area contributed by atoms with Crippen LogP contribution in [0.25, 0.3) is 10.2 Å². The molecule has 0 saturated carbocycles. The van der Waals surface area contributed by atoms with Crippen molar-refractivity contribution in [1.82, 2.24) is 4.57 Å². The van der Waals surface area contributed by atoms with Crippen LogP contribution in [0.2, 0.25) is 0 Å². The zero-order chi connectivity index (χ0) is 23.0. The van der Waals surface area contributed by atoms with Crippen LogP contribution in [0.1, 0.15) is 10.4 Å². The smallest absolute Gasteiger partial charge is 0.325 e. The lowest BCUT2D eigenvalue weighted by atomic mass is 10.2. The van der Waals surface area contributed by atoms with Crippen LogP contribution in [0.3, 0.4) is 0 Å². The first kappa shape index (κ1) is 22.8. The lowest BCUT2D eigenvalue weighted by Crippen LogP contribution is -2.22. The number of methoxy groups -OCH3 is 1. The Kier molecular flexibility index (Phi) is 6.16. The maximum atomic E-state index is 12.7. The van der Waals surface area contributed by atoms with Crippen molar-refractivity contribution in [3.05, 3.63) is 52.8 Å². The minimum atomic E-state index is -3.45. The SMILES string of the molecule is COC(=O)Cn1c(=NC(=O)c2ccc(S(C)(=O)=O)cc2)sc2cc(S(C)(=O)=O)ccc21. The molecule has 0 bridgehead atoms. The molecular formula is C19H18N2O7S3. The summed E-state index contributed by atoms with van der Waals surface area (Å²) in [5.74, 6) is -1.22. The van der Waals surface area contributed by atoms with E-state index in [2.05, 4.69) is 4.99 Å². The van der Waals surface area contributed by atoms with E-state index in [-0.39, 0.29) is 26.7 Å². The Hall–Kier alpha value is -2.83. The van der Waals surface area contributed by atoms with Crippen molar-refractivity contribution in [3.8, 4) is 0 Å². The molecule has 1 aromatic heterocycles. The molecule has 12 heteroatoms. The molecular weight excluding hydrogens is 464 g/mol. The summed E-state index contributed by atoms with van der Waals surface area (Å²) in [5.41, 5.74) is 0.674. The van der Waals surface area contributed by atoms with Gasteiger partial charge in [0.25, 0.3) is 5.91 Å². The van der Waals surface area contributed by atoms with Crippen molar-refractivity contribution < 1.29 is 31.2 Å². The molecule has 0 spiro atoms. The van der Waals surface area contributed by atoms with Crippen LogP contribution in [0.4, 0.5) is 0 Å². The van der Waals surface area contributed by atoms with E-state index in [1.54, 1.807) is 0 Å². The number of thiazole rings is 1. The second-order valence-electron chi connectivity index (χ2n) is 6.66. The molecule has 0 unspecified atom stereocenters. The fourth-order valence-electron chi connectivity index (χ4n) is 2.71. The molecule has 0 aliphatic rings. The van der Waals surface area contributed by atoms with Crippen molar-refractivity contribution in [2.75, 3.05) is 19.6 Å². The van der Waals surface area contributed by atoms with E-state index in [0.717, 1.165) is 23.8 Å². The van der Waals surface area contributed by atoms with Crippen LogP contribution < -0.4 is 4.80 Å². The van der Waals surface area contributed by atoms with Gasteiger partial charge in [-0.1, -0.05) is 11.3 Å². The van der Waals surface area contributed by atoms with Crippen LogP contribution in [0.15, 0.2) is 57.2 Å². The fourth-order valence-corrected chi connectivity index (χ4v) is 5.13. The van der Waals surface area contributed by atoms with Gasteiger partial charge in [-0.25, -0.2) is 16.8 Å². The van der Waals surface area contributed by atoms with Crippen LogP contribution in [0.5, 0.6) is 0 Å². The van der Waals surface area contributed by atoms with Gasteiger partial charge < -0.3 is 9.30 Å². The number of rotatable bonds is 5. The van der Waals surface area contributed by atoms with Crippen LogP contribution in [-0.2, 0) is 35.8 Å². The monoisotopic (exact) mass is 482 g/mol. The summed E-state index contributed by atoms with van der Waals surface area (Å²) in [6.07, 6.45) is 2.14. The molecule has 0 fully saturated rings. The summed E-state index contributed by atoms with van der Waals surface area (Å²) >= 11 is 1.04. The minimum Gasteiger partial charge on any atom is -0.468 e. The van der Waals surface area contributed by atoms with Gasteiger partial charge >= 0.3 is 5.97 Å². The molecule has 0 aliphatic carbocycles. The van der Waals surface area contributed by atoms with Gasteiger partial charge in [-0.2, -0.15) is 4.99 Å². The Balaban J connectivity index is 2.14. The number of hydrogen-bond donors (Lipinski definition) is 0. The van der Waals surface area contributed by atoms with Crippen molar-refractivity contribution in [2.45, 2.75) is 16.3 Å². The van der Waals surface area contributed by atoms with Gasteiger partial charge in [-0.15, -0.1) is 0 Å². The van der Waals surface area contributed by atoms with E-state index >= 15 is 0 Å². The summed E-state index contributed by atoms with van der Waals surface area (Å²) in [7, 11) is -5.63. The Morgan fingerprint density at radius 2 is 1.55 bits per heavy atom. The summed E-state index contributed by atoms with van der Waals surface area (Å²) in [5, 5.41) is 0. The highest BCUT2D eigenvalue weighted by Crippen LogP contribution is 2.22. The van der Waals surface area contributed by atoms with E-state index in [1.807, 2.05) is 0 Å². The van der Waals surface area contributed by atoms with Crippen LogP contribution in [0, 0.1) is 0 Å². The average Bonchev–Trinajstić information content (AvgIpc) is 3.02. The molecule has 0 N–H and O–H groups in total. The number of aromatic nitrogens is 1. The predicted molar refractivity (Wildman–Crippen MR) is 114 cm³/mol. The minimum absolute atomic E-state index is 0.0694. The van der Waals surface area contributed by atoms with Crippen molar-refractivity contribution >= 4 is 53.1 Å². The second kappa shape index (κ2) is 8.36. The van der Waals surface area contributed by atoms with E-state index < -0.39 is 31.6 Å². The normalized spacial score (nSPS) is 12.8. The fraction of sp³-hybridized carbons (Fsp3) is 0.211. The highest BCUT2D eigenvalue weighted by molar-refractivity contribution is 7.91. The molecule has 0 atom stereocenters. The lowest BCUT2D eigenvalue weighted by molar-refractivity contribution is -0.141. The number of carbonyl (C=O) groups excluding carboxylic acids is 2. The summed E-state index contributed by atoms with van der Waals surface area (Å²) in [4.78, 5) is 28.9. The number of fused-ring (bicyclic) bond motifs is 1. The number of ether oxygens (including phenoxy) is 1. The largest absolute Gasteiger partial charge is 0.468 e. The molecule has 0 saturated heterocycles. The maximum Gasteiger partial charge on any atom is 0.325 e. The van der Waals surface area contributed by atoms with Crippen LogP contribution >= 0.6 is 11.3 Å². The van der Waals surface area contributed by atoms with Gasteiger partial charge in [0.1, 0.15) is 6.54 Å². The molecule has 1 heterocycles. The first-order valence-corrected chi connectivity index (χ1v) is 13.3. The van der Waals surface area contributed by atoms with Crippen molar-refractivity contribution in [2.24, 2.45) is 4.99 Å². The topological polar surface area (TPSA) is 129 Å². The number of nitrogens with zero attached hydrogens (tertiary/aromatic N) is 2. The van der Waals surface area contributed by atoms with Crippen molar-refractivity contribution in [1.29, 1.82) is 0 Å². The summed E-state index contributed by atoms with van der Waals surface area (Å²) in [6, 6.07) is 9.72. The summed E-state index contributed by atoms with van der Waals surface area (Å²) < 4.78 is 53.6. The highest BCUT2D eigenvalue weighted by atomic mass is 32.2. The molecule has 31 heavy (non-hydrogen) atoms. The van der Waals surface area contributed by atoms with E-state index in [1.165, 1.54) is 54.1 Å². The van der Waals surface area contributed by atoms with Gasteiger partial charge in [0, 0.05) is 18.1 Å². The Morgan fingerprint density at radius 1 is 0.968 bits per heavy atom. The molecule has 1 amide bonds. The van der Waals surface area contributed by atoms with Gasteiger partial charge in [0.05, 0.1) is 27.1 Å². The van der Waals surface area contributed by atoms with Gasteiger partial charge in [0.15, 0.2) is 24.5 Å². The quantitative estimate of drug-likeness (QED) is 0.503. The first-order valence-electron chi connectivity index (χ1n) is 8.69. The molecule has 0 radical (unpaired) electrons. The maximum absolute atomic E-state index is 12.7. The third-order valence-electron chi connectivity index (χ3n) is 4.32. The highest BCUT2D eigenvalue weighted by Gasteiger charge is 2.16. The third-order valence-corrected chi connectivity index (χ3v) is 7.60. The number of sulfone groups is 2. The van der Waals surface area contributed by atoms with Gasteiger partial charge in [0.2, 0.25) is 0 Å². The molecule has 0 aliphatic heterocycles. The molecule has 2 aromatic carbocycles. The number of benzene rings is 2. The lowest BCUT2D eigenvalue weighted by Gasteiger charge is -2.04. The Morgan fingerprint density at radius 3 is 2.10 bits per heavy atom. The molecule has 3 aromatic rings. The summed E-state index contributed by atoms with van der Waals surface area (Å²) in [6.45, 7) is -0.228. The van der Waals surface area contributed by atoms with E-state index in [9.17, 15) is 26.4 Å². The number of esters is 1. The number of carbonyl (C=O) groups is 2. The first-order chi connectivity index (χ1) is 14.4. The van der Waals surface area contributed by atoms with Gasteiger partial charge in [-0.05, 0) is 42.5 Å². The standard InChI is InChI=1S/C19H18N2O7S3/c1-28-17(22)11-21-15-9-8-14(31(3,26)27)10-16(15)29-19(21)20-18(23)12-4-6-13(7-5-12)30(2,24)25/h4-10H,11H2,1-3H3. The molecule has 3 rings (SSSR count). The number of hydrogen-bond acceptors (Lipinski definition) is 8. The average molecular weight is 483 g/mol. The van der Waals surface area contributed by atoms with Crippen molar-refractivity contribution in [3.63, 3.8) is 0 Å².